The zero-order valence-electron chi connectivity index (χ0n) is 10.1. The molecule has 0 aliphatic carbocycles. The van der Waals surface area contributed by atoms with Crippen molar-refractivity contribution in [3.63, 3.8) is 0 Å². The minimum absolute atomic E-state index is 0.204. The van der Waals surface area contributed by atoms with Gasteiger partial charge in [-0.25, -0.2) is 14.2 Å². The molecule has 0 fully saturated rings. The second-order valence-corrected chi connectivity index (χ2v) is 4.19. The van der Waals surface area contributed by atoms with Gasteiger partial charge in [0.25, 0.3) is 5.69 Å². The number of aromatic carboxylic acids is 1. The summed E-state index contributed by atoms with van der Waals surface area (Å²) in [5, 5.41) is 19.3. The van der Waals surface area contributed by atoms with Crippen molar-refractivity contribution >= 4 is 23.3 Å². The minimum atomic E-state index is -1.33. The Morgan fingerprint density at radius 3 is 2.71 bits per heavy atom. The van der Waals surface area contributed by atoms with Crippen molar-refractivity contribution in [2.45, 2.75) is 0 Å². The number of ether oxygens (including phenoxy) is 1. The second kappa shape index (κ2) is 5.71. The van der Waals surface area contributed by atoms with Crippen LogP contribution in [0.15, 0.2) is 30.5 Å². The molecule has 1 N–H and O–H groups in total. The fraction of sp³-hybridized carbons (Fsp3) is 0. The highest BCUT2D eigenvalue weighted by Crippen LogP contribution is 2.31. The fourth-order valence-electron chi connectivity index (χ4n) is 1.45. The van der Waals surface area contributed by atoms with Gasteiger partial charge in [-0.1, -0.05) is 11.6 Å². The first kappa shape index (κ1) is 14.7. The molecule has 0 saturated heterocycles. The lowest BCUT2D eigenvalue weighted by Crippen LogP contribution is -2.01. The van der Waals surface area contributed by atoms with E-state index in [1.54, 1.807) is 0 Å². The van der Waals surface area contributed by atoms with Crippen molar-refractivity contribution in [1.82, 2.24) is 4.98 Å². The van der Waals surface area contributed by atoms with E-state index in [0.29, 0.717) is 0 Å². The van der Waals surface area contributed by atoms with Crippen LogP contribution in [0.5, 0.6) is 11.6 Å². The molecule has 0 saturated carbocycles. The number of halogens is 2. The van der Waals surface area contributed by atoms with Crippen LogP contribution in [0.2, 0.25) is 5.02 Å². The molecule has 0 aliphatic heterocycles. The number of carboxylic acid groups (broad SMARTS) is 1. The van der Waals surface area contributed by atoms with E-state index in [-0.39, 0.29) is 27.9 Å². The monoisotopic (exact) mass is 312 g/mol. The van der Waals surface area contributed by atoms with Crippen LogP contribution in [0.4, 0.5) is 10.1 Å². The van der Waals surface area contributed by atoms with Crippen molar-refractivity contribution in [3.8, 4) is 11.6 Å². The van der Waals surface area contributed by atoms with E-state index in [0.717, 1.165) is 30.5 Å². The van der Waals surface area contributed by atoms with Crippen LogP contribution in [0, 0.1) is 15.9 Å². The number of carbonyl (C=O) groups is 1. The van der Waals surface area contributed by atoms with E-state index >= 15 is 0 Å². The lowest BCUT2D eigenvalue weighted by molar-refractivity contribution is -0.385. The van der Waals surface area contributed by atoms with Crippen LogP contribution < -0.4 is 4.74 Å². The topological polar surface area (TPSA) is 103 Å². The number of pyridine rings is 1. The van der Waals surface area contributed by atoms with Crippen LogP contribution in [0.3, 0.4) is 0 Å². The number of nitrogens with zero attached hydrogens (tertiary/aromatic N) is 2. The Morgan fingerprint density at radius 2 is 2.14 bits per heavy atom. The maximum absolute atomic E-state index is 13.2. The highest BCUT2D eigenvalue weighted by Gasteiger charge is 2.17. The molecule has 0 spiro atoms. The summed E-state index contributed by atoms with van der Waals surface area (Å²) < 4.78 is 18.3. The van der Waals surface area contributed by atoms with Crippen molar-refractivity contribution < 1.29 is 24.0 Å². The number of aromatic nitrogens is 1. The maximum atomic E-state index is 13.2. The summed E-state index contributed by atoms with van der Waals surface area (Å²) in [6.07, 6.45) is 0.890. The van der Waals surface area contributed by atoms with Crippen molar-refractivity contribution in [1.29, 1.82) is 0 Å². The van der Waals surface area contributed by atoms with E-state index in [1.165, 1.54) is 0 Å². The molecule has 9 heteroatoms. The molecule has 0 aliphatic rings. The van der Waals surface area contributed by atoms with Gasteiger partial charge in [-0.3, -0.25) is 10.1 Å². The summed E-state index contributed by atoms with van der Waals surface area (Å²) in [5.74, 6) is -2.63. The fourth-order valence-corrected chi connectivity index (χ4v) is 1.65. The summed E-state index contributed by atoms with van der Waals surface area (Å²) >= 11 is 5.76. The molecule has 7 nitrogen and oxygen atoms in total. The van der Waals surface area contributed by atoms with Crippen LogP contribution in [0.25, 0.3) is 0 Å². The van der Waals surface area contributed by atoms with E-state index in [9.17, 15) is 19.3 Å². The van der Waals surface area contributed by atoms with Gasteiger partial charge >= 0.3 is 5.97 Å². The van der Waals surface area contributed by atoms with E-state index < -0.39 is 16.7 Å². The smallest absolute Gasteiger partial charge is 0.339 e. The Hall–Kier alpha value is -2.74. The van der Waals surface area contributed by atoms with Gasteiger partial charge in [-0.2, -0.15) is 0 Å². The van der Waals surface area contributed by atoms with Crippen LogP contribution in [0.1, 0.15) is 10.4 Å². The Balaban J connectivity index is 2.40. The van der Waals surface area contributed by atoms with E-state index in [1.807, 2.05) is 0 Å². The second-order valence-electron chi connectivity index (χ2n) is 3.79. The quantitative estimate of drug-likeness (QED) is 0.686. The van der Waals surface area contributed by atoms with Gasteiger partial charge in [-0.05, 0) is 12.1 Å². The number of benzene rings is 1. The third-order valence-electron chi connectivity index (χ3n) is 2.38. The molecule has 108 valence electrons. The first-order valence-corrected chi connectivity index (χ1v) is 5.77. The third-order valence-corrected chi connectivity index (χ3v) is 2.66. The molecule has 2 rings (SSSR count). The van der Waals surface area contributed by atoms with Gasteiger partial charge in [0.1, 0.15) is 28.3 Å². The molecule has 1 aromatic heterocycles. The zero-order chi connectivity index (χ0) is 15.6. The van der Waals surface area contributed by atoms with Crippen molar-refractivity contribution in [3.05, 3.63) is 57.0 Å². The molecule has 0 bridgehead atoms. The minimum Gasteiger partial charge on any atom is -0.478 e. The average molecular weight is 313 g/mol. The Labute approximate surface area is 121 Å². The summed E-state index contributed by atoms with van der Waals surface area (Å²) in [5.41, 5.74) is -0.655. The number of carboxylic acids is 1. The first-order valence-electron chi connectivity index (χ1n) is 5.39. The Morgan fingerprint density at radius 1 is 1.43 bits per heavy atom. The van der Waals surface area contributed by atoms with Gasteiger partial charge in [0.2, 0.25) is 5.88 Å². The van der Waals surface area contributed by atoms with Crippen molar-refractivity contribution in [2.24, 2.45) is 0 Å². The molecule has 1 heterocycles. The molecule has 0 unspecified atom stereocenters. The summed E-state index contributed by atoms with van der Waals surface area (Å²) in [4.78, 5) is 24.5. The molecule has 21 heavy (non-hydrogen) atoms. The van der Waals surface area contributed by atoms with Gasteiger partial charge in [0, 0.05) is 12.1 Å². The molecule has 1 aromatic carbocycles. The Bertz CT molecular complexity index is 738. The first-order chi connectivity index (χ1) is 9.88. The predicted molar refractivity (Wildman–Crippen MR) is 69.3 cm³/mol. The number of hydrogen-bond acceptors (Lipinski definition) is 5. The largest absolute Gasteiger partial charge is 0.478 e. The van der Waals surface area contributed by atoms with Crippen molar-refractivity contribution in [2.75, 3.05) is 0 Å². The number of hydrogen-bond donors (Lipinski definition) is 1. The lowest BCUT2D eigenvalue weighted by Gasteiger charge is -2.09. The van der Waals surface area contributed by atoms with Crippen LogP contribution >= 0.6 is 11.6 Å². The molecular weight excluding hydrogens is 307 g/mol. The predicted octanol–water partition coefficient (Wildman–Crippen LogP) is 3.27. The lowest BCUT2D eigenvalue weighted by atomic mass is 10.2. The maximum Gasteiger partial charge on any atom is 0.339 e. The molecule has 0 atom stereocenters. The van der Waals surface area contributed by atoms with E-state index in [4.69, 9.17) is 21.4 Å². The van der Waals surface area contributed by atoms with Crippen LogP contribution in [-0.4, -0.2) is 21.0 Å². The highest BCUT2D eigenvalue weighted by atomic mass is 35.5. The zero-order valence-corrected chi connectivity index (χ0v) is 10.9. The van der Waals surface area contributed by atoms with E-state index in [2.05, 4.69) is 4.98 Å². The SMILES string of the molecule is O=C(O)c1ccc(F)cc1Oc1ncc([N+](=O)[O-])cc1Cl. The normalized spacial score (nSPS) is 10.2. The Kier molecular flexibility index (Phi) is 3.99. The molecule has 0 radical (unpaired) electrons. The van der Waals surface area contributed by atoms with Gasteiger partial charge in [-0.15, -0.1) is 0 Å². The molecule has 0 amide bonds. The highest BCUT2D eigenvalue weighted by molar-refractivity contribution is 6.32. The average Bonchev–Trinajstić information content (AvgIpc) is 2.40. The standard InChI is InChI=1S/C12H6ClFN2O5/c13-9-4-7(16(19)20)5-15-11(9)21-10-3-6(14)1-2-8(10)12(17)18/h1-5H,(H,17,18). The summed E-state index contributed by atoms with van der Waals surface area (Å²) in [6, 6.07) is 3.82. The third kappa shape index (κ3) is 3.23. The van der Waals surface area contributed by atoms with Gasteiger partial charge < -0.3 is 9.84 Å². The molecular formula is C12H6ClFN2O5. The molecule has 2 aromatic rings. The number of nitro groups is 1. The number of rotatable bonds is 4. The summed E-state index contributed by atoms with van der Waals surface area (Å²) in [7, 11) is 0. The van der Waals surface area contributed by atoms with Crippen LogP contribution in [-0.2, 0) is 0 Å². The van der Waals surface area contributed by atoms with Gasteiger partial charge in [0.15, 0.2) is 0 Å². The summed E-state index contributed by atoms with van der Waals surface area (Å²) in [6.45, 7) is 0. The van der Waals surface area contributed by atoms with Gasteiger partial charge in [0.05, 0.1) is 4.92 Å².